The topological polar surface area (TPSA) is 54.0 Å². The molecule has 108 valence electrons. The highest BCUT2D eigenvalue weighted by atomic mass is 32.1. The summed E-state index contributed by atoms with van der Waals surface area (Å²) in [6.07, 6.45) is 0. The standard InChI is InChI=1S/C14H16O5S/c1-4-18-14(15)13-6-9-5-11(19-8-16-2)10(17-3)7-12(9)20-13/h5-7H,4,8H2,1-3H3. The number of ether oxygens (including phenoxy) is 4. The Balaban J connectivity index is 2.38. The Morgan fingerprint density at radius 3 is 2.65 bits per heavy atom. The number of hydrogen-bond acceptors (Lipinski definition) is 6. The fourth-order valence-electron chi connectivity index (χ4n) is 1.74. The van der Waals surface area contributed by atoms with Crippen LogP contribution in [0, 0.1) is 0 Å². The van der Waals surface area contributed by atoms with Crippen LogP contribution in [0.1, 0.15) is 16.6 Å². The van der Waals surface area contributed by atoms with Crippen molar-refractivity contribution in [1.29, 1.82) is 0 Å². The highest BCUT2D eigenvalue weighted by Crippen LogP contribution is 2.36. The van der Waals surface area contributed by atoms with E-state index in [-0.39, 0.29) is 12.8 Å². The lowest BCUT2D eigenvalue weighted by atomic mass is 10.2. The van der Waals surface area contributed by atoms with Gasteiger partial charge in [0, 0.05) is 17.9 Å². The summed E-state index contributed by atoms with van der Waals surface area (Å²) in [6, 6.07) is 5.46. The first-order valence-electron chi connectivity index (χ1n) is 6.10. The molecular weight excluding hydrogens is 280 g/mol. The Morgan fingerprint density at radius 1 is 1.20 bits per heavy atom. The van der Waals surface area contributed by atoms with Gasteiger partial charge in [0.05, 0.1) is 13.7 Å². The van der Waals surface area contributed by atoms with Gasteiger partial charge in [0.2, 0.25) is 0 Å². The van der Waals surface area contributed by atoms with Crippen molar-refractivity contribution in [2.75, 3.05) is 27.6 Å². The molecule has 0 spiro atoms. The molecule has 0 bridgehead atoms. The van der Waals surface area contributed by atoms with Crippen LogP contribution in [0.3, 0.4) is 0 Å². The van der Waals surface area contributed by atoms with Crippen molar-refractivity contribution < 1.29 is 23.7 Å². The van der Waals surface area contributed by atoms with E-state index in [9.17, 15) is 4.79 Å². The van der Waals surface area contributed by atoms with Crippen LogP contribution in [0.5, 0.6) is 11.5 Å². The van der Waals surface area contributed by atoms with Crippen molar-refractivity contribution in [2.45, 2.75) is 6.92 Å². The molecule has 0 unspecified atom stereocenters. The predicted octanol–water partition coefficient (Wildman–Crippen LogP) is 3.07. The average molecular weight is 296 g/mol. The van der Waals surface area contributed by atoms with Crippen molar-refractivity contribution in [3.05, 3.63) is 23.1 Å². The highest BCUT2D eigenvalue weighted by Gasteiger charge is 2.14. The molecule has 0 aliphatic rings. The van der Waals surface area contributed by atoms with E-state index in [1.165, 1.54) is 11.3 Å². The third-order valence-corrected chi connectivity index (χ3v) is 3.69. The monoisotopic (exact) mass is 296 g/mol. The molecule has 1 aromatic carbocycles. The molecule has 0 fully saturated rings. The minimum atomic E-state index is -0.313. The highest BCUT2D eigenvalue weighted by molar-refractivity contribution is 7.20. The number of rotatable bonds is 6. The van der Waals surface area contributed by atoms with E-state index in [4.69, 9.17) is 18.9 Å². The van der Waals surface area contributed by atoms with Gasteiger partial charge in [-0.1, -0.05) is 0 Å². The second-order valence-corrected chi connectivity index (χ2v) is 5.01. The Kier molecular flexibility index (Phi) is 4.81. The minimum Gasteiger partial charge on any atom is -0.493 e. The molecule has 1 heterocycles. The lowest BCUT2D eigenvalue weighted by Crippen LogP contribution is -2.01. The molecular formula is C14H16O5S. The van der Waals surface area contributed by atoms with Crippen LogP contribution in [-0.2, 0) is 9.47 Å². The largest absolute Gasteiger partial charge is 0.493 e. The lowest BCUT2D eigenvalue weighted by molar-refractivity contribution is 0.0492. The van der Waals surface area contributed by atoms with Crippen LogP contribution in [-0.4, -0.2) is 33.6 Å². The third-order valence-electron chi connectivity index (χ3n) is 2.61. The molecule has 5 nitrogen and oxygen atoms in total. The van der Waals surface area contributed by atoms with Crippen molar-refractivity contribution in [3.8, 4) is 11.5 Å². The molecule has 20 heavy (non-hydrogen) atoms. The first-order chi connectivity index (χ1) is 9.69. The maximum absolute atomic E-state index is 11.7. The van der Waals surface area contributed by atoms with Crippen molar-refractivity contribution in [2.24, 2.45) is 0 Å². The van der Waals surface area contributed by atoms with Gasteiger partial charge in [-0.2, -0.15) is 0 Å². The predicted molar refractivity (Wildman–Crippen MR) is 76.8 cm³/mol. The SMILES string of the molecule is CCOC(=O)c1cc2cc(OCOC)c(OC)cc2s1. The van der Waals surface area contributed by atoms with Crippen molar-refractivity contribution >= 4 is 27.4 Å². The van der Waals surface area contributed by atoms with Crippen LogP contribution in [0.15, 0.2) is 18.2 Å². The number of thiophene rings is 1. The molecule has 0 radical (unpaired) electrons. The fraction of sp³-hybridized carbons (Fsp3) is 0.357. The van der Waals surface area contributed by atoms with Gasteiger partial charge in [0.25, 0.3) is 0 Å². The Morgan fingerprint density at radius 2 is 2.00 bits per heavy atom. The Hall–Kier alpha value is -1.79. The summed E-state index contributed by atoms with van der Waals surface area (Å²) in [6.45, 7) is 2.28. The summed E-state index contributed by atoms with van der Waals surface area (Å²) in [5.41, 5.74) is 0. The molecule has 0 atom stereocenters. The third kappa shape index (κ3) is 3.02. The number of esters is 1. The number of hydrogen-bond donors (Lipinski definition) is 0. The molecule has 0 aliphatic heterocycles. The first kappa shape index (κ1) is 14.6. The molecule has 0 saturated heterocycles. The zero-order valence-electron chi connectivity index (χ0n) is 11.6. The lowest BCUT2D eigenvalue weighted by Gasteiger charge is -2.09. The number of fused-ring (bicyclic) bond motifs is 1. The van der Waals surface area contributed by atoms with Gasteiger partial charge in [-0.15, -0.1) is 11.3 Å². The summed E-state index contributed by atoms with van der Waals surface area (Å²) in [5, 5.41) is 0.907. The molecule has 6 heteroatoms. The van der Waals surface area contributed by atoms with E-state index < -0.39 is 0 Å². The van der Waals surface area contributed by atoms with E-state index in [1.807, 2.05) is 12.1 Å². The van der Waals surface area contributed by atoms with Crippen LogP contribution in [0.2, 0.25) is 0 Å². The van der Waals surface area contributed by atoms with E-state index in [0.29, 0.717) is 23.0 Å². The summed E-state index contributed by atoms with van der Waals surface area (Å²) in [4.78, 5) is 12.3. The molecule has 1 aromatic heterocycles. The first-order valence-corrected chi connectivity index (χ1v) is 6.91. The van der Waals surface area contributed by atoms with Gasteiger partial charge < -0.3 is 18.9 Å². The molecule has 0 saturated carbocycles. The normalized spacial score (nSPS) is 10.6. The van der Waals surface area contributed by atoms with Gasteiger partial charge >= 0.3 is 5.97 Å². The number of carbonyl (C=O) groups excluding carboxylic acids is 1. The Bertz CT molecular complexity index is 605. The van der Waals surface area contributed by atoms with Gasteiger partial charge in [-0.05, 0) is 24.4 Å². The van der Waals surface area contributed by atoms with Crippen molar-refractivity contribution in [1.82, 2.24) is 0 Å². The van der Waals surface area contributed by atoms with Crippen LogP contribution >= 0.6 is 11.3 Å². The number of methoxy groups -OCH3 is 2. The minimum absolute atomic E-state index is 0.136. The van der Waals surface area contributed by atoms with Crippen LogP contribution in [0.4, 0.5) is 0 Å². The van der Waals surface area contributed by atoms with Crippen LogP contribution < -0.4 is 9.47 Å². The quantitative estimate of drug-likeness (QED) is 0.605. The summed E-state index contributed by atoms with van der Waals surface area (Å²) < 4.78 is 21.5. The smallest absolute Gasteiger partial charge is 0.348 e. The van der Waals surface area contributed by atoms with E-state index >= 15 is 0 Å². The molecule has 2 aromatic rings. The number of carbonyl (C=O) groups is 1. The summed E-state index contributed by atoms with van der Waals surface area (Å²) >= 11 is 1.37. The molecule has 0 amide bonds. The molecule has 0 N–H and O–H groups in total. The Labute approximate surface area is 121 Å². The second-order valence-electron chi connectivity index (χ2n) is 3.92. The zero-order valence-corrected chi connectivity index (χ0v) is 12.4. The average Bonchev–Trinajstić information content (AvgIpc) is 2.87. The van der Waals surface area contributed by atoms with Gasteiger partial charge in [0.1, 0.15) is 4.88 Å². The maximum Gasteiger partial charge on any atom is 0.348 e. The second kappa shape index (κ2) is 6.58. The maximum atomic E-state index is 11.7. The van der Waals surface area contributed by atoms with Crippen LogP contribution in [0.25, 0.3) is 10.1 Å². The van der Waals surface area contributed by atoms with Gasteiger partial charge in [0.15, 0.2) is 18.3 Å². The molecule has 2 rings (SSSR count). The van der Waals surface area contributed by atoms with E-state index in [1.54, 1.807) is 27.2 Å². The molecule has 0 aliphatic carbocycles. The fourth-order valence-corrected chi connectivity index (χ4v) is 2.71. The number of benzene rings is 1. The van der Waals surface area contributed by atoms with E-state index in [0.717, 1.165) is 10.1 Å². The zero-order chi connectivity index (χ0) is 14.5. The summed E-state index contributed by atoms with van der Waals surface area (Å²) in [7, 11) is 3.12. The summed E-state index contributed by atoms with van der Waals surface area (Å²) in [5.74, 6) is 0.869. The van der Waals surface area contributed by atoms with Crippen molar-refractivity contribution in [3.63, 3.8) is 0 Å². The van der Waals surface area contributed by atoms with Gasteiger partial charge in [-0.3, -0.25) is 0 Å². The van der Waals surface area contributed by atoms with E-state index in [2.05, 4.69) is 0 Å². The van der Waals surface area contributed by atoms with Gasteiger partial charge in [-0.25, -0.2) is 4.79 Å².